The summed E-state index contributed by atoms with van der Waals surface area (Å²) in [4.78, 5) is 11.6. The number of carbonyl (C=O) groups is 1. The van der Waals surface area contributed by atoms with Crippen LogP contribution in [0.25, 0.3) is 0 Å². The van der Waals surface area contributed by atoms with Gasteiger partial charge in [-0.05, 0) is 68.3 Å². The molecule has 2 N–H and O–H groups in total. The number of hydrogen-bond donors (Lipinski definition) is 2. The molecule has 0 radical (unpaired) electrons. The Hall–Kier alpha value is -1.13. The van der Waals surface area contributed by atoms with Gasteiger partial charge in [-0.25, -0.2) is 4.79 Å². The molecule has 0 aliphatic heterocycles. The number of unbranched alkanes of at least 4 members (excludes halogenated alkanes) is 1. The topological polar surface area (TPSA) is 66.8 Å². The van der Waals surface area contributed by atoms with E-state index in [9.17, 15) is 15.0 Å². The molecule has 0 aromatic rings. The Morgan fingerprint density at radius 2 is 1.97 bits per heavy atom. The van der Waals surface area contributed by atoms with Crippen LogP contribution in [0.4, 0.5) is 0 Å². The Labute approximate surface area is 198 Å². The van der Waals surface area contributed by atoms with E-state index >= 15 is 0 Å². The van der Waals surface area contributed by atoms with Crippen molar-refractivity contribution in [1.29, 1.82) is 0 Å². The summed E-state index contributed by atoms with van der Waals surface area (Å²) < 4.78 is 6.02. The molecule has 4 atom stereocenters. The van der Waals surface area contributed by atoms with Gasteiger partial charge in [0, 0.05) is 5.92 Å². The first kappa shape index (κ1) is 28.9. The summed E-state index contributed by atoms with van der Waals surface area (Å²) in [6.07, 6.45) is 14.2. The maximum Gasteiger partial charge on any atom is 0.336 e. The molecule has 32 heavy (non-hydrogen) atoms. The van der Waals surface area contributed by atoms with E-state index in [4.69, 9.17) is 4.43 Å². The van der Waals surface area contributed by atoms with E-state index in [-0.39, 0.29) is 17.1 Å². The van der Waals surface area contributed by atoms with Crippen LogP contribution in [-0.4, -0.2) is 36.7 Å². The average Bonchev–Trinajstić information content (AvgIpc) is 3.03. The predicted octanol–water partition coefficient (Wildman–Crippen LogP) is 7.26. The molecule has 0 aromatic heterocycles. The second-order valence-electron chi connectivity index (χ2n) is 11.1. The highest BCUT2D eigenvalue weighted by molar-refractivity contribution is 6.74. The summed E-state index contributed by atoms with van der Waals surface area (Å²) in [6.45, 7) is 15.0. The van der Waals surface area contributed by atoms with Crippen LogP contribution in [0.3, 0.4) is 0 Å². The number of rotatable bonds is 14. The molecule has 0 spiro atoms. The van der Waals surface area contributed by atoms with Crippen LogP contribution in [-0.2, 0) is 9.22 Å². The van der Waals surface area contributed by atoms with Gasteiger partial charge in [0.2, 0.25) is 0 Å². The second-order valence-corrected chi connectivity index (χ2v) is 15.8. The monoisotopic (exact) mass is 464 g/mol. The minimum Gasteiger partial charge on any atom is -0.479 e. The molecule has 1 aliphatic rings. The van der Waals surface area contributed by atoms with Crippen molar-refractivity contribution in [2.24, 2.45) is 11.8 Å². The van der Waals surface area contributed by atoms with E-state index in [1.165, 1.54) is 43.8 Å². The highest BCUT2D eigenvalue weighted by Crippen LogP contribution is 2.37. The zero-order valence-corrected chi connectivity index (χ0v) is 22.6. The first-order valence-electron chi connectivity index (χ1n) is 12.6. The zero-order chi connectivity index (χ0) is 24.4. The lowest BCUT2D eigenvalue weighted by Crippen LogP contribution is -2.45. The minimum atomic E-state index is -2.17. The standard InChI is InChI=1S/C27H48O4Si/c1-8-9-14-21(2)15-13-16-22-19-20-24(28)23(22)17-11-10-12-18-25(26(29)30)31-32(6,7)27(3,4)5/h10,18-19,21,23-25,28H,8-9,11,13-17,20H2,1-7H3,(H,29,30)/t12?,21?,23-,24+,25?/m1/s1. The third kappa shape index (κ3) is 9.78. The van der Waals surface area contributed by atoms with Gasteiger partial charge < -0.3 is 14.6 Å². The second kappa shape index (κ2) is 13.5. The van der Waals surface area contributed by atoms with E-state index in [0.29, 0.717) is 0 Å². The van der Waals surface area contributed by atoms with Gasteiger partial charge >= 0.3 is 5.97 Å². The number of carboxylic acids is 1. The van der Waals surface area contributed by atoms with Crippen molar-refractivity contribution in [2.75, 3.05) is 0 Å². The SMILES string of the molecule is CCCCC(C)CCCC1=CC[C@H](O)[C@@H]1CCC=C=CC(O[Si](C)(C)C(C)(C)C)C(=O)O. The van der Waals surface area contributed by atoms with Crippen molar-refractivity contribution in [3.8, 4) is 0 Å². The smallest absolute Gasteiger partial charge is 0.336 e. The molecular weight excluding hydrogens is 416 g/mol. The van der Waals surface area contributed by atoms with Crippen molar-refractivity contribution >= 4 is 14.3 Å². The Balaban J connectivity index is 2.56. The van der Waals surface area contributed by atoms with E-state index < -0.39 is 20.4 Å². The van der Waals surface area contributed by atoms with E-state index in [1.807, 2.05) is 6.08 Å². The molecule has 0 heterocycles. The Morgan fingerprint density at radius 1 is 1.31 bits per heavy atom. The van der Waals surface area contributed by atoms with Crippen LogP contribution < -0.4 is 0 Å². The molecule has 1 rings (SSSR count). The van der Waals surface area contributed by atoms with Gasteiger partial charge in [0.1, 0.15) is 0 Å². The quantitative estimate of drug-likeness (QED) is 0.161. The molecular formula is C27H48O4Si. The molecule has 1 aliphatic carbocycles. The molecule has 0 fully saturated rings. The summed E-state index contributed by atoms with van der Waals surface area (Å²) >= 11 is 0. The largest absolute Gasteiger partial charge is 0.479 e. The Bertz CT molecular complexity index is 668. The summed E-state index contributed by atoms with van der Waals surface area (Å²) in [6, 6.07) is 0. The first-order valence-corrected chi connectivity index (χ1v) is 15.5. The molecule has 0 saturated carbocycles. The van der Waals surface area contributed by atoms with Crippen LogP contribution in [0.5, 0.6) is 0 Å². The Morgan fingerprint density at radius 3 is 2.56 bits per heavy atom. The molecule has 0 saturated heterocycles. The van der Waals surface area contributed by atoms with Crippen molar-refractivity contribution in [3.05, 3.63) is 29.5 Å². The first-order chi connectivity index (χ1) is 14.9. The van der Waals surface area contributed by atoms with Crippen LogP contribution >= 0.6 is 0 Å². The van der Waals surface area contributed by atoms with Gasteiger partial charge in [0.25, 0.3) is 0 Å². The van der Waals surface area contributed by atoms with Crippen molar-refractivity contribution in [2.45, 2.75) is 123 Å². The van der Waals surface area contributed by atoms with Crippen molar-refractivity contribution in [3.63, 3.8) is 0 Å². The molecule has 184 valence electrons. The third-order valence-electron chi connectivity index (χ3n) is 7.23. The zero-order valence-electron chi connectivity index (χ0n) is 21.6. The van der Waals surface area contributed by atoms with Crippen molar-refractivity contribution in [1.82, 2.24) is 0 Å². The number of hydrogen-bond acceptors (Lipinski definition) is 3. The lowest BCUT2D eigenvalue weighted by atomic mass is 9.89. The number of aliphatic hydroxyl groups is 1. The summed E-state index contributed by atoms with van der Waals surface area (Å²) in [7, 11) is -2.17. The number of carboxylic acid groups (broad SMARTS) is 1. The highest BCUT2D eigenvalue weighted by atomic mass is 28.4. The lowest BCUT2D eigenvalue weighted by Gasteiger charge is -2.37. The highest BCUT2D eigenvalue weighted by Gasteiger charge is 2.40. The van der Waals surface area contributed by atoms with E-state index in [2.05, 4.69) is 59.5 Å². The van der Waals surface area contributed by atoms with E-state index in [0.717, 1.165) is 31.6 Å². The predicted molar refractivity (Wildman–Crippen MR) is 136 cm³/mol. The average molecular weight is 465 g/mol. The third-order valence-corrected chi connectivity index (χ3v) is 11.7. The molecule has 0 aromatic carbocycles. The van der Waals surface area contributed by atoms with E-state index in [1.54, 1.807) is 0 Å². The van der Waals surface area contributed by atoms with Gasteiger partial charge in [0.05, 0.1) is 6.10 Å². The normalized spacial score (nSPS) is 20.9. The molecule has 5 heteroatoms. The maximum absolute atomic E-state index is 11.6. The fourth-order valence-corrected chi connectivity index (χ4v) is 5.16. The minimum absolute atomic E-state index is 0.0482. The maximum atomic E-state index is 11.6. The summed E-state index contributed by atoms with van der Waals surface area (Å²) in [5.41, 5.74) is 4.44. The molecule has 4 nitrogen and oxygen atoms in total. The van der Waals surface area contributed by atoms with Gasteiger partial charge in [-0.3, -0.25) is 0 Å². The Kier molecular flexibility index (Phi) is 12.2. The van der Waals surface area contributed by atoms with Crippen LogP contribution in [0.15, 0.2) is 29.5 Å². The van der Waals surface area contributed by atoms with Crippen molar-refractivity contribution < 1.29 is 19.4 Å². The van der Waals surface area contributed by atoms with Crippen LogP contribution in [0.1, 0.15) is 92.4 Å². The summed E-state index contributed by atoms with van der Waals surface area (Å²) in [5, 5.41) is 19.9. The molecule has 0 bridgehead atoms. The van der Waals surface area contributed by atoms with Crippen LogP contribution in [0, 0.1) is 11.8 Å². The van der Waals surface area contributed by atoms with Gasteiger partial charge in [-0.15, -0.1) is 5.73 Å². The summed E-state index contributed by atoms with van der Waals surface area (Å²) in [5.74, 6) is 0.0298. The van der Waals surface area contributed by atoms with Gasteiger partial charge in [0.15, 0.2) is 14.4 Å². The van der Waals surface area contributed by atoms with Gasteiger partial charge in [-0.1, -0.05) is 72.0 Å². The number of aliphatic hydroxyl groups excluding tert-OH is 1. The van der Waals surface area contributed by atoms with Crippen LogP contribution in [0.2, 0.25) is 18.1 Å². The lowest BCUT2D eigenvalue weighted by molar-refractivity contribution is -0.143. The molecule has 0 amide bonds. The fourth-order valence-electron chi connectivity index (χ4n) is 4.00. The fraction of sp³-hybridized carbons (Fsp3) is 0.778. The number of aliphatic carboxylic acids is 1. The van der Waals surface area contributed by atoms with Gasteiger partial charge in [-0.2, -0.15) is 0 Å². The molecule has 2 unspecified atom stereocenters.